The maximum absolute atomic E-state index is 11.0. The lowest BCUT2D eigenvalue weighted by molar-refractivity contribution is -0.384. The number of aromatic nitrogens is 2. The molecule has 7 heteroatoms. The molecule has 0 spiro atoms. The first-order valence-electron chi connectivity index (χ1n) is 5.90. The monoisotopic (exact) mass is 277 g/mol. The second-order valence-electron chi connectivity index (χ2n) is 4.28. The summed E-state index contributed by atoms with van der Waals surface area (Å²) in [6.45, 7) is 1.40. The van der Waals surface area contributed by atoms with Gasteiger partial charge >= 0.3 is 0 Å². The van der Waals surface area contributed by atoms with Crippen molar-refractivity contribution >= 4 is 17.0 Å². The molecule has 0 radical (unpaired) electrons. The van der Waals surface area contributed by atoms with Crippen LogP contribution in [0, 0.1) is 10.1 Å². The minimum absolute atomic E-state index is 0.0628. The van der Waals surface area contributed by atoms with Crippen molar-refractivity contribution in [1.29, 1.82) is 0 Å². The van der Waals surface area contributed by atoms with E-state index in [-0.39, 0.29) is 11.6 Å². The van der Waals surface area contributed by atoms with Crippen LogP contribution in [0.15, 0.2) is 24.3 Å². The van der Waals surface area contributed by atoms with E-state index in [1.54, 1.807) is 18.2 Å². The lowest BCUT2D eigenvalue weighted by Gasteiger charge is -1.99. The quantitative estimate of drug-likeness (QED) is 0.636. The Labute approximate surface area is 113 Å². The average molecular weight is 277 g/mol. The molecule has 1 aliphatic rings. The molecule has 2 heterocycles. The largest absolute Gasteiger partial charge is 0.381 e. The summed E-state index contributed by atoms with van der Waals surface area (Å²) in [6, 6.07) is 6.60. The Hall–Kier alpha value is -1.86. The van der Waals surface area contributed by atoms with Gasteiger partial charge in [0.05, 0.1) is 17.1 Å². The molecular formula is C12H11N3O3S. The van der Waals surface area contributed by atoms with Gasteiger partial charge in [-0.25, -0.2) is 0 Å². The van der Waals surface area contributed by atoms with E-state index >= 15 is 0 Å². The molecule has 3 rings (SSSR count). The number of nitro benzene ring substituents is 1. The molecule has 0 saturated carbocycles. The lowest BCUT2D eigenvalue weighted by Crippen LogP contribution is -1.95. The van der Waals surface area contributed by atoms with Crippen LogP contribution >= 0.6 is 11.3 Å². The Bertz CT molecular complexity index is 608. The standard InChI is InChI=1S/C12H11N3O3S/c16-15(17)10-4-2-1-3-9(10)12-14-13-11(19-12)8-5-6-18-7-8/h1-4,8H,5-7H2. The van der Waals surface area contributed by atoms with Crippen LogP contribution in [0.1, 0.15) is 17.3 Å². The van der Waals surface area contributed by atoms with E-state index in [9.17, 15) is 10.1 Å². The molecule has 19 heavy (non-hydrogen) atoms. The highest BCUT2D eigenvalue weighted by Crippen LogP contribution is 2.35. The van der Waals surface area contributed by atoms with Crippen molar-refractivity contribution in [2.75, 3.05) is 13.2 Å². The van der Waals surface area contributed by atoms with E-state index < -0.39 is 4.92 Å². The first kappa shape index (κ1) is 12.2. The SMILES string of the molecule is O=[N+]([O-])c1ccccc1-c1nnc(C2CCOC2)s1. The first-order valence-corrected chi connectivity index (χ1v) is 6.72. The lowest BCUT2D eigenvalue weighted by atomic mass is 10.1. The highest BCUT2D eigenvalue weighted by atomic mass is 32.1. The summed E-state index contributed by atoms with van der Waals surface area (Å²) in [4.78, 5) is 10.6. The average Bonchev–Trinajstić information content (AvgIpc) is 3.09. The Morgan fingerprint density at radius 2 is 2.21 bits per heavy atom. The highest BCUT2D eigenvalue weighted by molar-refractivity contribution is 7.14. The molecule has 2 aromatic rings. The van der Waals surface area contributed by atoms with Crippen molar-refractivity contribution in [3.8, 4) is 10.6 Å². The number of nitro groups is 1. The van der Waals surface area contributed by atoms with Crippen molar-refractivity contribution in [2.24, 2.45) is 0 Å². The van der Waals surface area contributed by atoms with Gasteiger partial charge in [-0.15, -0.1) is 10.2 Å². The topological polar surface area (TPSA) is 78.2 Å². The van der Waals surface area contributed by atoms with Crippen LogP contribution in [-0.4, -0.2) is 28.3 Å². The zero-order chi connectivity index (χ0) is 13.2. The Balaban J connectivity index is 1.96. The molecule has 1 aromatic heterocycles. The second kappa shape index (κ2) is 5.02. The number of hydrogen-bond donors (Lipinski definition) is 0. The van der Waals surface area contributed by atoms with E-state index in [4.69, 9.17) is 4.74 Å². The van der Waals surface area contributed by atoms with Crippen molar-refractivity contribution < 1.29 is 9.66 Å². The molecule has 1 aliphatic heterocycles. The number of nitrogens with zero attached hydrogens (tertiary/aromatic N) is 3. The smallest absolute Gasteiger partial charge is 0.279 e. The van der Waals surface area contributed by atoms with Gasteiger partial charge in [-0.05, 0) is 12.5 Å². The second-order valence-corrected chi connectivity index (χ2v) is 5.29. The van der Waals surface area contributed by atoms with E-state index in [1.165, 1.54) is 17.4 Å². The first-order chi connectivity index (χ1) is 9.25. The van der Waals surface area contributed by atoms with Gasteiger partial charge in [0.2, 0.25) is 0 Å². The van der Waals surface area contributed by atoms with Gasteiger partial charge in [0.1, 0.15) is 5.01 Å². The number of para-hydroxylation sites is 1. The summed E-state index contributed by atoms with van der Waals surface area (Å²) >= 11 is 1.41. The van der Waals surface area contributed by atoms with Gasteiger partial charge in [-0.3, -0.25) is 10.1 Å². The minimum Gasteiger partial charge on any atom is -0.381 e. The molecule has 0 N–H and O–H groups in total. The molecule has 6 nitrogen and oxygen atoms in total. The maximum Gasteiger partial charge on any atom is 0.279 e. The fraction of sp³-hybridized carbons (Fsp3) is 0.333. The van der Waals surface area contributed by atoms with Crippen LogP contribution in [0.5, 0.6) is 0 Å². The van der Waals surface area contributed by atoms with Gasteiger partial charge < -0.3 is 4.74 Å². The van der Waals surface area contributed by atoms with Crippen LogP contribution in [-0.2, 0) is 4.74 Å². The van der Waals surface area contributed by atoms with Crippen LogP contribution < -0.4 is 0 Å². The van der Waals surface area contributed by atoms with Crippen molar-refractivity contribution in [1.82, 2.24) is 10.2 Å². The Morgan fingerprint density at radius 1 is 1.37 bits per heavy atom. The third-order valence-corrected chi connectivity index (χ3v) is 4.17. The Morgan fingerprint density at radius 3 is 2.95 bits per heavy atom. The van der Waals surface area contributed by atoms with Crippen LogP contribution in [0.3, 0.4) is 0 Å². The maximum atomic E-state index is 11.0. The van der Waals surface area contributed by atoms with E-state index in [0.29, 0.717) is 17.2 Å². The van der Waals surface area contributed by atoms with Crippen LogP contribution in [0.25, 0.3) is 10.6 Å². The van der Waals surface area contributed by atoms with Gasteiger partial charge in [-0.1, -0.05) is 23.5 Å². The molecule has 1 atom stereocenters. The van der Waals surface area contributed by atoms with E-state index in [0.717, 1.165) is 18.0 Å². The number of hydrogen-bond acceptors (Lipinski definition) is 6. The molecular weight excluding hydrogens is 266 g/mol. The molecule has 1 aromatic carbocycles. The molecule has 0 amide bonds. The predicted molar refractivity (Wildman–Crippen MR) is 70.2 cm³/mol. The van der Waals surface area contributed by atoms with E-state index in [1.807, 2.05) is 0 Å². The third-order valence-electron chi connectivity index (χ3n) is 3.05. The normalized spacial score (nSPS) is 18.6. The summed E-state index contributed by atoms with van der Waals surface area (Å²) in [7, 11) is 0. The predicted octanol–water partition coefficient (Wildman–Crippen LogP) is 2.62. The summed E-state index contributed by atoms with van der Waals surface area (Å²) < 4.78 is 5.32. The number of ether oxygens (including phenoxy) is 1. The summed E-state index contributed by atoms with van der Waals surface area (Å²) in [6.07, 6.45) is 0.936. The fourth-order valence-corrected chi connectivity index (χ4v) is 3.05. The number of rotatable bonds is 3. The molecule has 1 saturated heterocycles. The third kappa shape index (κ3) is 2.34. The fourth-order valence-electron chi connectivity index (χ4n) is 2.05. The van der Waals surface area contributed by atoms with Crippen LogP contribution in [0.2, 0.25) is 0 Å². The molecule has 1 fully saturated rings. The van der Waals surface area contributed by atoms with Crippen molar-refractivity contribution in [3.63, 3.8) is 0 Å². The molecule has 0 bridgehead atoms. The molecule has 1 unspecified atom stereocenters. The minimum atomic E-state index is -0.394. The Kier molecular flexibility index (Phi) is 3.22. The van der Waals surface area contributed by atoms with Gasteiger partial charge in [0.15, 0.2) is 5.01 Å². The number of benzene rings is 1. The zero-order valence-electron chi connectivity index (χ0n) is 9.98. The summed E-state index contributed by atoms with van der Waals surface area (Å²) in [5.41, 5.74) is 0.586. The van der Waals surface area contributed by atoms with Gasteiger partial charge in [-0.2, -0.15) is 0 Å². The highest BCUT2D eigenvalue weighted by Gasteiger charge is 2.24. The molecule has 0 aliphatic carbocycles. The van der Waals surface area contributed by atoms with Gasteiger partial charge in [0, 0.05) is 18.6 Å². The summed E-state index contributed by atoms with van der Waals surface area (Å²) in [5, 5.41) is 20.7. The van der Waals surface area contributed by atoms with Crippen molar-refractivity contribution in [2.45, 2.75) is 12.3 Å². The van der Waals surface area contributed by atoms with Gasteiger partial charge in [0.25, 0.3) is 5.69 Å². The van der Waals surface area contributed by atoms with E-state index in [2.05, 4.69) is 10.2 Å². The molecule has 98 valence electrons. The summed E-state index contributed by atoms with van der Waals surface area (Å²) in [5.74, 6) is 0.272. The van der Waals surface area contributed by atoms with Crippen LogP contribution in [0.4, 0.5) is 5.69 Å². The van der Waals surface area contributed by atoms with Crippen molar-refractivity contribution in [3.05, 3.63) is 39.4 Å². The zero-order valence-corrected chi connectivity index (χ0v) is 10.8.